The van der Waals surface area contributed by atoms with Gasteiger partial charge >= 0.3 is 0 Å². The summed E-state index contributed by atoms with van der Waals surface area (Å²) < 4.78 is 26.8. The molecule has 0 fully saturated rings. The number of ether oxygens (including phenoxy) is 2. The fourth-order valence-corrected chi connectivity index (χ4v) is 3.36. The number of aromatic nitrogens is 4. The number of methoxy groups -OCH3 is 2. The Labute approximate surface area is 161 Å². The van der Waals surface area contributed by atoms with Crippen LogP contribution in [0.2, 0.25) is 0 Å². The smallest absolute Gasteiger partial charge is 0.221 e. The lowest BCUT2D eigenvalue weighted by Crippen LogP contribution is -2.03. The molecular formula is C21H19FN4O2. The van der Waals surface area contributed by atoms with Crippen molar-refractivity contribution in [2.75, 3.05) is 14.2 Å². The summed E-state index contributed by atoms with van der Waals surface area (Å²) in [5.41, 5.74) is 3.94. The maximum Gasteiger partial charge on any atom is 0.221 e. The van der Waals surface area contributed by atoms with Crippen LogP contribution >= 0.6 is 0 Å². The fraction of sp³-hybridized carbons (Fsp3) is 0.190. The molecule has 0 spiro atoms. The van der Waals surface area contributed by atoms with Gasteiger partial charge < -0.3 is 9.47 Å². The Morgan fingerprint density at radius 3 is 2.68 bits per heavy atom. The molecule has 28 heavy (non-hydrogen) atoms. The summed E-state index contributed by atoms with van der Waals surface area (Å²) in [6, 6.07) is 12.6. The lowest BCUT2D eigenvalue weighted by atomic mass is 10.0. The van der Waals surface area contributed by atoms with Crippen LogP contribution in [-0.2, 0) is 12.8 Å². The van der Waals surface area contributed by atoms with E-state index in [1.54, 1.807) is 38.9 Å². The number of benzene rings is 1. The molecule has 7 heteroatoms. The van der Waals surface area contributed by atoms with Gasteiger partial charge in [-0.05, 0) is 49.2 Å². The van der Waals surface area contributed by atoms with Crippen LogP contribution < -0.4 is 9.47 Å². The zero-order valence-corrected chi connectivity index (χ0v) is 15.6. The Hall–Kier alpha value is -3.48. The van der Waals surface area contributed by atoms with Gasteiger partial charge in [0.05, 0.1) is 14.2 Å². The van der Waals surface area contributed by atoms with E-state index >= 15 is 0 Å². The van der Waals surface area contributed by atoms with Crippen molar-refractivity contribution in [3.05, 3.63) is 72.1 Å². The SMILES string of the molecule is COc1cccc(F)c1CCc1ccc(-c2cccnc2OC)c2nncn12. The van der Waals surface area contributed by atoms with E-state index in [9.17, 15) is 4.39 Å². The third-order valence-electron chi connectivity index (χ3n) is 4.72. The lowest BCUT2D eigenvalue weighted by Gasteiger charge is -2.12. The van der Waals surface area contributed by atoms with Crippen LogP contribution in [0.15, 0.2) is 55.0 Å². The van der Waals surface area contributed by atoms with Gasteiger partial charge in [-0.1, -0.05) is 6.07 Å². The molecule has 0 atom stereocenters. The highest BCUT2D eigenvalue weighted by molar-refractivity contribution is 5.80. The van der Waals surface area contributed by atoms with Crippen LogP contribution in [0, 0.1) is 5.82 Å². The van der Waals surface area contributed by atoms with Crippen LogP contribution in [-0.4, -0.2) is 33.8 Å². The number of fused-ring (bicyclic) bond motifs is 1. The molecule has 3 heterocycles. The summed E-state index contributed by atoms with van der Waals surface area (Å²) in [5.74, 6) is 0.809. The summed E-state index contributed by atoms with van der Waals surface area (Å²) in [6.45, 7) is 0. The predicted molar refractivity (Wildman–Crippen MR) is 103 cm³/mol. The number of aryl methyl sites for hydroxylation is 1. The zero-order chi connectivity index (χ0) is 19.5. The first-order valence-corrected chi connectivity index (χ1v) is 8.85. The Morgan fingerprint density at radius 1 is 0.964 bits per heavy atom. The van der Waals surface area contributed by atoms with Gasteiger partial charge in [0.1, 0.15) is 17.9 Å². The van der Waals surface area contributed by atoms with Gasteiger partial charge in [0.15, 0.2) is 5.65 Å². The van der Waals surface area contributed by atoms with Crippen LogP contribution in [0.25, 0.3) is 16.8 Å². The van der Waals surface area contributed by atoms with E-state index < -0.39 is 0 Å². The number of nitrogens with zero attached hydrogens (tertiary/aromatic N) is 4. The van der Waals surface area contributed by atoms with Crippen molar-refractivity contribution >= 4 is 5.65 Å². The summed E-state index contributed by atoms with van der Waals surface area (Å²) in [6.07, 6.45) is 4.45. The maximum absolute atomic E-state index is 14.2. The summed E-state index contributed by atoms with van der Waals surface area (Å²) >= 11 is 0. The molecule has 4 aromatic rings. The molecule has 0 amide bonds. The monoisotopic (exact) mass is 378 g/mol. The number of halogens is 1. The Bertz CT molecular complexity index is 1130. The number of pyridine rings is 2. The minimum atomic E-state index is -0.268. The maximum atomic E-state index is 14.2. The van der Waals surface area contributed by atoms with Gasteiger partial charge in [0, 0.05) is 28.6 Å². The molecule has 3 aromatic heterocycles. The van der Waals surface area contributed by atoms with Crippen LogP contribution in [0.1, 0.15) is 11.3 Å². The molecule has 0 radical (unpaired) electrons. The van der Waals surface area contributed by atoms with Gasteiger partial charge in [-0.25, -0.2) is 9.37 Å². The van der Waals surface area contributed by atoms with E-state index in [0.717, 1.165) is 16.8 Å². The first-order valence-electron chi connectivity index (χ1n) is 8.85. The minimum absolute atomic E-state index is 0.268. The van der Waals surface area contributed by atoms with Crippen molar-refractivity contribution in [2.45, 2.75) is 12.8 Å². The highest BCUT2D eigenvalue weighted by Gasteiger charge is 2.15. The van der Waals surface area contributed by atoms with Gasteiger partial charge in [0.2, 0.25) is 5.88 Å². The Kier molecular flexibility index (Phi) is 4.89. The molecule has 0 aliphatic carbocycles. The third kappa shape index (κ3) is 3.15. The molecule has 0 bridgehead atoms. The molecule has 6 nitrogen and oxygen atoms in total. The first-order chi connectivity index (χ1) is 13.7. The normalized spacial score (nSPS) is 11.0. The third-order valence-corrected chi connectivity index (χ3v) is 4.72. The van der Waals surface area contributed by atoms with Crippen molar-refractivity contribution in [1.29, 1.82) is 0 Å². The van der Waals surface area contributed by atoms with Gasteiger partial charge in [-0.3, -0.25) is 4.40 Å². The fourth-order valence-electron chi connectivity index (χ4n) is 3.36. The number of hydrogen-bond acceptors (Lipinski definition) is 5. The quantitative estimate of drug-likeness (QED) is 0.512. The van der Waals surface area contributed by atoms with Crippen molar-refractivity contribution in [2.24, 2.45) is 0 Å². The van der Waals surface area contributed by atoms with Crippen LogP contribution in [0.3, 0.4) is 0 Å². The second-order valence-corrected chi connectivity index (χ2v) is 6.24. The van der Waals surface area contributed by atoms with E-state index in [1.165, 1.54) is 6.07 Å². The van der Waals surface area contributed by atoms with Gasteiger partial charge in [-0.2, -0.15) is 0 Å². The van der Waals surface area contributed by atoms with Gasteiger partial charge in [-0.15, -0.1) is 10.2 Å². The molecule has 0 aliphatic rings. The molecule has 0 unspecified atom stereocenters. The van der Waals surface area contributed by atoms with Crippen molar-refractivity contribution < 1.29 is 13.9 Å². The summed E-state index contributed by atoms with van der Waals surface area (Å²) in [5, 5.41) is 8.33. The topological polar surface area (TPSA) is 61.5 Å². The van der Waals surface area contributed by atoms with Crippen molar-refractivity contribution in [1.82, 2.24) is 19.6 Å². The van der Waals surface area contributed by atoms with Crippen molar-refractivity contribution in [3.8, 4) is 22.8 Å². The molecule has 0 aliphatic heterocycles. The molecule has 1 aromatic carbocycles. The molecule has 0 saturated heterocycles. The zero-order valence-electron chi connectivity index (χ0n) is 15.6. The van der Waals surface area contributed by atoms with E-state index in [0.29, 0.717) is 35.7 Å². The highest BCUT2D eigenvalue weighted by Crippen LogP contribution is 2.31. The summed E-state index contributed by atoms with van der Waals surface area (Å²) in [7, 11) is 3.13. The van der Waals surface area contributed by atoms with Crippen LogP contribution in [0.4, 0.5) is 4.39 Å². The predicted octanol–water partition coefficient (Wildman–Crippen LogP) is 3.73. The molecule has 142 valence electrons. The second kappa shape index (κ2) is 7.64. The molecule has 0 N–H and O–H groups in total. The minimum Gasteiger partial charge on any atom is -0.496 e. The second-order valence-electron chi connectivity index (χ2n) is 6.24. The standard InChI is InChI=1S/C21H19FN4O2/c1-27-19-7-3-6-18(22)17(19)11-9-14-8-10-15(20-25-24-13-26(14)20)16-5-4-12-23-21(16)28-2/h3-8,10,12-13H,9,11H2,1-2H3. The number of hydrogen-bond donors (Lipinski definition) is 0. The van der Waals surface area contributed by atoms with E-state index in [-0.39, 0.29) is 5.82 Å². The van der Waals surface area contributed by atoms with E-state index in [4.69, 9.17) is 9.47 Å². The summed E-state index contributed by atoms with van der Waals surface area (Å²) in [4.78, 5) is 4.26. The highest BCUT2D eigenvalue weighted by atomic mass is 19.1. The average Bonchev–Trinajstić information content (AvgIpc) is 3.22. The molecule has 4 rings (SSSR count). The largest absolute Gasteiger partial charge is 0.496 e. The Balaban J connectivity index is 1.71. The molecular weight excluding hydrogens is 359 g/mol. The molecule has 0 saturated carbocycles. The van der Waals surface area contributed by atoms with Crippen LogP contribution in [0.5, 0.6) is 11.6 Å². The van der Waals surface area contributed by atoms with Gasteiger partial charge in [0.25, 0.3) is 0 Å². The Morgan fingerprint density at radius 2 is 1.86 bits per heavy atom. The van der Waals surface area contributed by atoms with E-state index in [2.05, 4.69) is 15.2 Å². The average molecular weight is 378 g/mol. The van der Waals surface area contributed by atoms with Crippen molar-refractivity contribution in [3.63, 3.8) is 0 Å². The van der Waals surface area contributed by atoms with E-state index in [1.807, 2.05) is 28.7 Å². The number of rotatable bonds is 6. The first kappa shape index (κ1) is 17.9. The lowest BCUT2D eigenvalue weighted by molar-refractivity contribution is 0.399.